The maximum atomic E-state index is 11.9. The molecule has 114 valence electrons. The Labute approximate surface area is 123 Å². The number of rotatable bonds is 3. The number of fused-ring (bicyclic) bond motifs is 1. The molecule has 1 atom stereocenters. The Bertz CT molecular complexity index is 571. The fourth-order valence-electron chi connectivity index (χ4n) is 2.80. The van der Waals surface area contributed by atoms with E-state index >= 15 is 0 Å². The van der Waals surface area contributed by atoms with Crippen molar-refractivity contribution in [3.05, 3.63) is 5.69 Å². The molecule has 1 aromatic rings. The van der Waals surface area contributed by atoms with Crippen LogP contribution in [0.5, 0.6) is 0 Å². The summed E-state index contributed by atoms with van der Waals surface area (Å²) in [6, 6.07) is 0.0719. The van der Waals surface area contributed by atoms with Gasteiger partial charge in [0, 0.05) is 19.7 Å². The SMILES string of the molecule is Cc1nc(N[C@H]2C[C@@H](CO)C2)nc2c1NC(=O)C(C)N2C. The first-order chi connectivity index (χ1) is 9.99. The number of amides is 1. The number of anilines is 3. The van der Waals surface area contributed by atoms with Gasteiger partial charge in [0.05, 0.1) is 5.69 Å². The quantitative estimate of drug-likeness (QED) is 0.761. The van der Waals surface area contributed by atoms with Crippen molar-refractivity contribution in [3.8, 4) is 0 Å². The smallest absolute Gasteiger partial charge is 0.246 e. The monoisotopic (exact) mass is 291 g/mol. The number of carbonyl (C=O) groups excluding carboxylic acids is 1. The van der Waals surface area contributed by atoms with Gasteiger partial charge in [-0.1, -0.05) is 0 Å². The van der Waals surface area contributed by atoms with E-state index in [0.29, 0.717) is 23.6 Å². The van der Waals surface area contributed by atoms with Gasteiger partial charge in [-0.3, -0.25) is 4.79 Å². The number of nitrogens with zero attached hydrogens (tertiary/aromatic N) is 3. The molecule has 1 unspecified atom stereocenters. The van der Waals surface area contributed by atoms with Gasteiger partial charge in [0.25, 0.3) is 0 Å². The van der Waals surface area contributed by atoms with Crippen molar-refractivity contribution in [1.82, 2.24) is 9.97 Å². The summed E-state index contributed by atoms with van der Waals surface area (Å²) in [7, 11) is 1.86. The van der Waals surface area contributed by atoms with Gasteiger partial charge in [0.1, 0.15) is 11.7 Å². The number of likely N-dealkylation sites (N-methyl/N-ethyl adjacent to an activating group) is 1. The minimum absolute atomic E-state index is 0.0396. The Morgan fingerprint density at radius 2 is 2.14 bits per heavy atom. The first kappa shape index (κ1) is 14.1. The minimum atomic E-state index is -0.248. The molecule has 2 heterocycles. The third kappa shape index (κ3) is 2.42. The van der Waals surface area contributed by atoms with Gasteiger partial charge in [0.15, 0.2) is 5.82 Å². The van der Waals surface area contributed by atoms with Gasteiger partial charge in [-0.05, 0) is 32.6 Å². The normalized spacial score (nSPS) is 27.7. The second-order valence-electron chi connectivity index (χ2n) is 5.97. The molecule has 0 aromatic carbocycles. The van der Waals surface area contributed by atoms with Crippen LogP contribution in [0.1, 0.15) is 25.5 Å². The van der Waals surface area contributed by atoms with Crippen molar-refractivity contribution in [2.75, 3.05) is 29.2 Å². The Morgan fingerprint density at radius 3 is 2.81 bits per heavy atom. The van der Waals surface area contributed by atoms with Gasteiger partial charge in [-0.25, -0.2) is 4.98 Å². The van der Waals surface area contributed by atoms with Gasteiger partial charge in [-0.15, -0.1) is 0 Å². The summed E-state index contributed by atoms with van der Waals surface area (Å²) in [4.78, 5) is 22.7. The molecule has 7 heteroatoms. The first-order valence-electron chi connectivity index (χ1n) is 7.29. The molecule has 0 radical (unpaired) electrons. The summed E-state index contributed by atoms with van der Waals surface area (Å²) in [6.45, 7) is 3.96. The Kier molecular flexibility index (Phi) is 3.44. The number of hydrogen-bond acceptors (Lipinski definition) is 6. The van der Waals surface area contributed by atoms with Crippen molar-refractivity contribution in [3.63, 3.8) is 0 Å². The molecule has 21 heavy (non-hydrogen) atoms. The number of nitrogens with one attached hydrogen (secondary N) is 2. The fourth-order valence-corrected chi connectivity index (χ4v) is 2.80. The van der Waals surface area contributed by atoms with E-state index in [-0.39, 0.29) is 18.6 Å². The molecule has 1 amide bonds. The molecule has 1 fully saturated rings. The van der Waals surface area contributed by atoms with E-state index in [2.05, 4.69) is 20.6 Å². The lowest BCUT2D eigenvalue weighted by Gasteiger charge is -2.36. The minimum Gasteiger partial charge on any atom is -0.396 e. The van der Waals surface area contributed by atoms with Crippen LogP contribution in [0.15, 0.2) is 0 Å². The highest BCUT2D eigenvalue weighted by atomic mass is 16.3. The lowest BCUT2D eigenvalue weighted by atomic mass is 9.81. The highest BCUT2D eigenvalue weighted by molar-refractivity contribution is 6.03. The third-order valence-electron chi connectivity index (χ3n) is 4.44. The van der Waals surface area contributed by atoms with Crippen molar-refractivity contribution in [2.24, 2.45) is 5.92 Å². The number of aliphatic hydroxyl groups is 1. The van der Waals surface area contributed by atoms with E-state index in [4.69, 9.17) is 5.11 Å². The highest BCUT2D eigenvalue weighted by Crippen LogP contribution is 2.34. The van der Waals surface area contributed by atoms with E-state index < -0.39 is 0 Å². The molecule has 1 aliphatic carbocycles. The molecule has 1 aromatic heterocycles. The number of hydrogen-bond donors (Lipinski definition) is 3. The predicted octanol–water partition coefficient (Wildman–Crippen LogP) is 0.745. The topological polar surface area (TPSA) is 90.4 Å². The van der Waals surface area contributed by atoms with Crippen LogP contribution in [0.25, 0.3) is 0 Å². The van der Waals surface area contributed by atoms with Crippen LogP contribution in [-0.4, -0.2) is 46.7 Å². The molecular formula is C14H21N5O2. The van der Waals surface area contributed by atoms with E-state index in [1.807, 2.05) is 25.8 Å². The van der Waals surface area contributed by atoms with Gasteiger partial charge < -0.3 is 20.6 Å². The third-order valence-corrected chi connectivity index (χ3v) is 4.44. The summed E-state index contributed by atoms with van der Waals surface area (Å²) in [5.74, 6) is 1.68. The lowest BCUT2D eigenvalue weighted by molar-refractivity contribution is -0.117. The second kappa shape index (κ2) is 5.14. The van der Waals surface area contributed by atoms with Crippen molar-refractivity contribution >= 4 is 23.4 Å². The zero-order chi connectivity index (χ0) is 15.1. The molecule has 2 aliphatic rings. The molecular weight excluding hydrogens is 270 g/mol. The summed E-state index contributed by atoms with van der Waals surface area (Å²) in [5.41, 5.74) is 1.45. The summed E-state index contributed by atoms with van der Waals surface area (Å²) >= 11 is 0. The van der Waals surface area contributed by atoms with Crippen molar-refractivity contribution in [2.45, 2.75) is 38.8 Å². The second-order valence-corrected chi connectivity index (χ2v) is 5.97. The average molecular weight is 291 g/mol. The Hall–Kier alpha value is -1.89. The Morgan fingerprint density at radius 1 is 1.43 bits per heavy atom. The van der Waals surface area contributed by atoms with E-state index in [1.54, 1.807) is 0 Å². The maximum absolute atomic E-state index is 11.9. The lowest BCUT2D eigenvalue weighted by Crippen LogP contribution is -2.45. The molecule has 3 rings (SSSR count). The fraction of sp³-hybridized carbons (Fsp3) is 0.643. The van der Waals surface area contributed by atoms with Crippen LogP contribution < -0.4 is 15.5 Å². The van der Waals surface area contributed by atoms with Gasteiger partial charge >= 0.3 is 0 Å². The van der Waals surface area contributed by atoms with Gasteiger partial charge in [-0.2, -0.15) is 4.98 Å². The summed E-state index contributed by atoms with van der Waals surface area (Å²) in [5, 5.41) is 15.2. The largest absolute Gasteiger partial charge is 0.396 e. The predicted molar refractivity (Wildman–Crippen MR) is 80.5 cm³/mol. The molecule has 1 saturated carbocycles. The molecule has 0 saturated heterocycles. The van der Waals surface area contributed by atoms with Crippen LogP contribution in [0.2, 0.25) is 0 Å². The number of carbonyl (C=O) groups is 1. The van der Waals surface area contributed by atoms with Crippen LogP contribution in [0.4, 0.5) is 17.5 Å². The van der Waals surface area contributed by atoms with E-state index in [9.17, 15) is 4.79 Å². The maximum Gasteiger partial charge on any atom is 0.246 e. The molecule has 1 aliphatic heterocycles. The summed E-state index contributed by atoms with van der Waals surface area (Å²) in [6.07, 6.45) is 1.89. The van der Waals surface area contributed by atoms with Crippen LogP contribution in [-0.2, 0) is 4.79 Å². The van der Waals surface area contributed by atoms with Crippen LogP contribution in [0, 0.1) is 12.8 Å². The standard InChI is InChI=1S/C14H21N5O2/c1-7-11-12(19(3)8(2)13(21)17-11)18-14(15-7)16-10-4-9(5-10)6-20/h8-10,20H,4-6H2,1-3H3,(H,17,21)(H,15,16,18)/t8?,9-,10+. The molecule has 3 N–H and O–H groups in total. The Balaban J connectivity index is 1.82. The molecule has 7 nitrogen and oxygen atoms in total. The zero-order valence-electron chi connectivity index (χ0n) is 12.6. The summed E-state index contributed by atoms with van der Waals surface area (Å²) < 4.78 is 0. The van der Waals surface area contributed by atoms with Crippen molar-refractivity contribution < 1.29 is 9.90 Å². The highest BCUT2D eigenvalue weighted by Gasteiger charge is 2.32. The first-order valence-corrected chi connectivity index (χ1v) is 7.29. The van der Waals surface area contributed by atoms with Gasteiger partial charge in [0.2, 0.25) is 11.9 Å². The zero-order valence-corrected chi connectivity index (χ0v) is 12.6. The number of aryl methyl sites for hydroxylation is 1. The number of aliphatic hydroxyl groups excluding tert-OH is 1. The average Bonchev–Trinajstić information content (AvgIpc) is 2.41. The van der Waals surface area contributed by atoms with Crippen molar-refractivity contribution in [1.29, 1.82) is 0 Å². The van der Waals surface area contributed by atoms with E-state index in [1.165, 1.54) is 0 Å². The van der Waals surface area contributed by atoms with E-state index in [0.717, 1.165) is 24.4 Å². The molecule has 0 bridgehead atoms. The van der Waals surface area contributed by atoms with Crippen LogP contribution >= 0.6 is 0 Å². The van der Waals surface area contributed by atoms with Crippen LogP contribution in [0.3, 0.4) is 0 Å². The molecule has 0 spiro atoms. The number of aromatic nitrogens is 2.